The fourth-order valence-electron chi connectivity index (χ4n) is 2.11. The first-order chi connectivity index (χ1) is 8.19. The molecule has 1 N–H and O–H groups in total. The van der Waals surface area contributed by atoms with E-state index in [0.717, 1.165) is 19.4 Å². The van der Waals surface area contributed by atoms with Crippen molar-refractivity contribution in [2.75, 3.05) is 20.3 Å². The molecule has 0 aliphatic heterocycles. The second kappa shape index (κ2) is 7.46. The minimum atomic E-state index is 0.249. The Morgan fingerprint density at radius 3 is 2.59 bits per heavy atom. The van der Waals surface area contributed by atoms with Crippen LogP contribution in [0, 0.1) is 18.8 Å². The zero-order chi connectivity index (χ0) is 12.7. The molecule has 1 aromatic rings. The van der Waals surface area contributed by atoms with E-state index in [1.807, 2.05) is 0 Å². The molecule has 1 rings (SSSR count). The number of aryl methyl sites for hydroxylation is 1. The van der Waals surface area contributed by atoms with Crippen molar-refractivity contribution in [1.29, 1.82) is 0 Å². The summed E-state index contributed by atoms with van der Waals surface area (Å²) >= 11 is 0. The van der Waals surface area contributed by atoms with Crippen molar-refractivity contribution < 1.29 is 9.84 Å². The maximum atomic E-state index is 9.51. The third kappa shape index (κ3) is 4.49. The Morgan fingerprint density at radius 2 is 2.00 bits per heavy atom. The number of aliphatic hydroxyl groups excluding tert-OH is 1. The predicted octanol–water partition coefficient (Wildman–Crippen LogP) is 2.82. The van der Waals surface area contributed by atoms with Crippen molar-refractivity contribution >= 4 is 0 Å². The maximum absolute atomic E-state index is 9.51. The summed E-state index contributed by atoms with van der Waals surface area (Å²) in [6.45, 7) is 5.34. The summed E-state index contributed by atoms with van der Waals surface area (Å²) in [4.78, 5) is 0. The van der Waals surface area contributed by atoms with Crippen LogP contribution in [0.1, 0.15) is 24.5 Å². The van der Waals surface area contributed by atoms with Gasteiger partial charge in [-0.25, -0.2) is 0 Å². The summed E-state index contributed by atoms with van der Waals surface area (Å²) < 4.78 is 5.10. The Labute approximate surface area is 105 Å². The third-order valence-electron chi connectivity index (χ3n) is 3.56. The highest BCUT2D eigenvalue weighted by atomic mass is 16.5. The fraction of sp³-hybridized carbons (Fsp3) is 0.600. The Kier molecular flexibility index (Phi) is 6.23. The monoisotopic (exact) mass is 236 g/mol. The highest BCUT2D eigenvalue weighted by Gasteiger charge is 2.17. The standard InChI is InChI=1S/C15H24O2/c1-12-6-4-5-7-14(12)10-15(11-16)13(2)8-9-17-3/h4-7,13,15-16H,8-11H2,1-3H3. The first kappa shape index (κ1) is 14.2. The van der Waals surface area contributed by atoms with Crippen molar-refractivity contribution in [3.8, 4) is 0 Å². The lowest BCUT2D eigenvalue weighted by atomic mass is 9.85. The molecule has 17 heavy (non-hydrogen) atoms. The fourth-order valence-corrected chi connectivity index (χ4v) is 2.11. The molecule has 0 aliphatic carbocycles. The van der Waals surface area contributed by atoms with Gasteiger partial charge in [-0.2, -0.15) is 0 Å². The molecular weight excluding hydrogens is 212 g/mol. The van der Waals surface area contributed by atoms with Crippen molar-refractivity contribution in [2.45, 2.75) is 26.7 Å². The molecule has 0 bridgehead atoms. The Hall–Kier alpha value is -0.860. The van der Waals surface area contributed by atoms with Gasteiger partial charge in [0.1, 0.15) is 0 Å². The van der Waals surface area contributed by atoms with Gasteiger partial charge in [-0.05, 0) is 42.7 Å². The van der Waals surface area contributed by atoms with Crippen LogP contribution < -0.4 is 0 Å². The molecule has 0 radical (unpaired) electrons. The summed E-state index contributed by atoms with van der Waals surface area (Å²) in [5.41, 5.74) is 2.65. The molecule has 2 atom stereocenters. The van der Waals surface area contributed by atoms with Crippen LogP contribution in [0.25, 0.3) is 0 Å². The van der Waals surface area contributed by atoms with Gasteiger partial charge in [-0.3, -0.25) is 0 Å². The molecule has 0 saturated carbocycles. The topological polar surface area (TPSA) is 29.5 Å². The van der Waals surface area contributed by atoms with Crippen molar-refractivity contribution in [1.82, 2.24) is 0 Å². The molecule has 0 aliphatic rings. The van der Waals surface area contributed by atoms with Gasteiger partial charge in [0.05, 0.1) is 0 Å². The third-order valence-corrected chi connectivity index (χ3v) is 3.56. The number of hydrogen-bond donors (Lipinski definition) is 1. The summed E-state index contributed by atoms with van der Waals surface area (Å²) in [6.07, 6.45) is 1.96. The minimum Gasteiger partial charge on any atom is -0.396 e. The molecule has 2 nitrogen and oxygen atoms in total. The van der Waals surface area contributed by atoms with Crippen LogP contribution in [-0.4, -0.2) is 25.4 Å². The highest BCUT2D eigenvalue weighted by molar-refractivity contribution is 5.26. The Balaban J connectivity index is 2.60. The molecule has 2 heteroatoms. The van der Waals surface area contributed by atoms with Crippen LogP contribution in [0.4, 0.5) is 0 Å². The van der Waals surface area contributed by atoms with E-state index in [2.05, 4.69) is 38.1 Å². The second-order valence-electron chi connectivity index (χ2n) is 4.83. The molecular formula is C15H24O2. The van der Waals surface area contributed by atoms with Gasteiger partial charge in [0.2, 0.25) is 0 Å². The van der Waals surface area contributed by atoms with Gasteiger partial charge in [0.15, 0.2) is 0 Å². The first-order valence-corrected chi connectivity index (χ1v) is 6.33. The van der Waals surface area contributed by atoms with E-state index < -0.39 is 0 Å². The molecule has 2 unspecified atom stereocenters. The molecule has 0 aromatic heterocycles. The number of aliphatic hydroxyl groups is 1. The lowest BCUT2D eigenvalue weighted by Gasteiger charge is -2.22. The van der Waals surface area contributed by atoms with Crippen LogP contribution >= 0.6 is 0 Å². The number of ether oxygens (including phenoxy) is 1. The van der Waals surface area contributed by atoms with E-state index in [1.54, 1.807) is 7.11 Å². The first-order valence-electron chi connectivity index (χ1n) is 6.33. The largest absolute Gasteiger partial charge is 0.396 e. The van der Waals surface area contributed by atoms with Crippen LogP contribution in [-0.2, 0) is 11.2 Å². The molecule has 0 spiro atoms. The highest BCUT2D eigenvalue weighted by Crippen LogP contribution is 2.21. The zero-order valence-electron chi connectivity index (χ0n) is 11.1. The van der Waals surface area contributed by atoms with Gasteiger partial charge < -0.3 is 9.84 Å². The minimum absolute atomic E-state index is 0.249. The summed E-state index contributed by atoms with van der Waals surface area (Å²) in [5, 5.41) is 9.51. The van der Waals surface area contributed by atoms with Crippen LogP contribution in [0.2, 0.25) is 0 Å². The van der Waals surface area contributed by atoms with E-state index in [0.29, 0.717) is 11.8 Å². The van der Waals surface area contributed by atoms with Crippen molar-refractivity contribution in [3.05, 3.63) is 35.4 Å². The summed E-state index contributed by atoms with van der Waals surface area (Å²) in [7, 11) is 1.72. The molecule has 0 saturated heterocycles. The van der Waals surface area contributed by atoms with Gasteiger partial charge in [0, 0.05) is 20.3 Å². The SMILES string of the molecule is COCCC(C)C(CO)Cc1ccccc1C. The van der Waals surface area contributed by atoms with Crippen LogP contribution in [0.3, 0.4) is 0 Å². The Morgan fingerprint density at radius 1 is 1.29 bits per heavy atom. The molecule has 0 heterocycles. The quantitative estimate of drug-likeness (QED) is 0.789. The van der Waals surface area contributed by atoms with Gasteiger partial charge in [0.25, 0.3) is 0 Å². The number of rotatable bonds is 7. The van der Waals surface area contributed by atoms with Crippen molar-refractivity contribution in [3.63, 3.8) is 0 Å². The van der Waals surface area contributed by atoms with Crippen LogP contribution in [0.15, 0.2) is 24.3 Å². The number of hydrogen-bond acceptors (Lipinski definition) is 2. The maximum Gasteiger partial charge on any atom is 0.0465 e. The molecule has 0 amide bonds. The van der Waals surface area contributed by atoms with Crippen LogP contribution in [0.5, 0.6) is 0 Å². The van der Waals surface area contributed by atoms with E-state index in [-0.39, 0.29) is 6.61 Å². The van der Waals surface area contributed by atoms with E-state index in [4.69, 9.17) is 4.74 Å². The van der Waals surface area contributed by atoms with Gasteiger partial charge >= 0.3 is 0 Å². The average Bonchev–Trinajstić information content (AvgIpc) is 2.35. The molecule has 1 aromatic carbocycles. The smallest absolute Gasteiger partial charge is 0.0465 e. The number of benzene rings is 1. The van der Waals surface area contributed by atoms with Gasteiger partial charge in [-0.15, -0.1) is 0 Å². The van der Waals surface area contributed by atoms with Gasteiger partial charge in [-0.1, -0.05) is 31.2 Å². The van der Waals surface area contributed by atoms with E-state index in [1.165, 1.54) is 11.1 Å². The van der Waals surface area contributed by atoms with Crippen molar-refractivity contribution in [2.24, 2.45) is 11.8 Å². The molecule has 96 valence electrons. The second-order valence-corrected chi connectivity index (χ2v) is 4.83. The lowest BCUT2D eigenvalue weighted by molar-refractivity contribution is 0.134. The molecule has 0 fully saturated rings. The normalized spacial score (nSPS) is 14.6. The number of methoxy groups -OCH3 is 1. The van der Waals surface area contributed by atoms with E-state index >= 15 is 0 Å². The lowest BCUT2D eigenvalue weighted by Crippen LogP contribution is -2.20. The average molecular weight is 236 g/mol. The predicted molar refractivity (Wildman–Crippen MR) is 71.1 cm³/mol. The van der Waals surface area contributed by atoms with E-state index in [9.17, 15) is 5.11 Å². The summed E-state index contributed by atoms with van der Waals surface area (Å²) in [5.74, 6) is 0.811. The summed E-state index contributed by atoms with van der Waals surface area (Å²) in [6, 6.07) is 8.41. The zero-order valence-corrected chi connectivity index (χ0v) is 11.1. The Bertz CT molecular complexity index is 322.